The van der Waals surface area contributed by atoms with E-state index in [2.05, 4.69) is 62.0 Å². The van der Waals surface area contributed by atoms with Crippen molar-refractivity contribution >= 4 is 10.8 Å². The summed E-state index contributed by atoms with van der Waals surface area (Å²) in [6.45, 7) is 6.42. The Kier molecular flexibility index (Phi) is 4.77. The van der Waals surface area contributed by atoms with E-state index in [0.29, 0.717) is 6.61 Å². The highest BCUT2D eigenvalue weighted by Gasteiger charge is 2.02. The summed E-state index contributed by atoms with van der Waals surface area (Å²) < 4.78 is 5.53. The molecule has 1 heteroatoms. The minimum atomic E-state index is 0.537. The van der Waals surface area contributed by atoms with E-state index in [1.807, 2.05) is 12.1 Å². The van der Waals surface area contributed by atoms with Gasteiger partial charge in [-0.3, -0.25) is 0 Å². The third kappa shape index (κ3) is 3.62. The molecule has 3 aromatic carbocycles. The number of hydrogen-bond donors (Lipinski definition) is 0. The highest BCUT2D eigenvalue weighted by atomic mass is 16.5. The fourth-order valence-electron chi connectivity index (χ4n) is 2.82. The van der Waals surface area contributed by atoms with Crippen molar-refractivity contribution in [3.63, 3.8) is 0 Å². The summed E-state index contributed by atoms with van der Waals surface area (Å²) in [5, 5.41) is 2.60. The van der Waals surface area contributed by atoms with Gasteiger partial charge in [0.2, 0.25) is 0 Å². The van der Waals surface area contributed by atoms with Crippen molar-refractivity contribution < 1.29 is 4.74 Å². The molecule has 0 unspecified atom stereocenters. The molecule has 0 bridgehead atoms. The lowest BCUT2D eigenvalue weighted by Crippen LogP contribution is -1.92. The summed E-state index contributed by atoms with van der Waals surface area (Å²) >= 11 is 0. The van der Waals surface area contributed by atoms with Gasteiger partial charge in [-0.15, -0.1) is 0 Å². The van der Waals surface area contributed by atoms with Crippen LogP contribution in [0.2, 0.25) is 0 Å². The van der Waals surface area contributed by atoms with Crippen LogP contribution in [-0.4, -0.2) is 6.61 Å². The van der Waals surface area contributed by atoms with Crippen molar-refractivity contribution in [3.05, 3.63) is 78.9 Å². The largest absolute Gasteiger partial charge is 0.490 e. The average Bonchev–Trinajstić information content (AvgIpc) is 2.60. The summed E-state index contributed by atoms with van der Waals surface area (Å²) in [7, 11) is 0. The first-order chi connectivity index (χ1) is 11.3. The van der Waals surface area contributed by atoms with Crippen LogP contribution in [-0.2, 0) is 6.42 Å². The van der Waals surface area contributed by atoms with Crippen LogP contribution in [0.15, 0.2) is 73.3 Å². The predicted octanol–water partition coefficient (Wildman–Crippen LogP) is 6.02. The van der Waals surface area contributed by atoms with Crippen molar-refractivity contribution in [1.29, 1.82) is 0 Å². The molecule has 0 atom stereocenters. The molecule has 0 aliphatic carbocycles. The van der Waals surface area contributed by atoms with Gasteiger partial charge in [0.05, 0.1) is 0 Å². The maximum atomic E-state index is 5.53. The van der Waals surface area contributed by atoms with Gasteiger partial charge in [-0.1, -0.05) is 68.5 Å². The minimum Gasteiger partial charge on any atom is -0.490 e. The third-order valence-corrected chi connectivity index (χ3v) is 4.00. The molecule has 0 aliphatic heterocycles. The number of rotatable bonds is 6. The lowest BCUT2D eigenvalue weighted by molar-refractivity contribution is 0.363. The second-order valence-corrected chi connectivity index (χ2v) is 5.77. The monoisotopic (exact) mass is 302 g/mol. The predicted molar refractivity (Wildman–Crippen MR) is 99.1 cm³/mol. The molecule has 3 aromatic rings. The summed E-state index contributed by atoms with van der Waals surface area (Å²) in [5.41, 5.74) is 3.85. The van der Waals surface area contributed by atoms with Crippen molar-refractivity contribution in [3.8, 4) is 16.9 Å². The molecule has 0 radical (unpaired) electrons. The SMILES string of the molecule is C=CCOc1ccc(-c2ccc3cc(CCC)ccc3c2)cc1. The molecule has 0 heterocycles. The van der Waals surface area contributed by atoms with E-state index < -0.39 is 0 Å². The summed E-state index contributed by atoms with van der Waals surface area (Å²) in [6, 6.07) is 21.6. The first-order valence-corrected chi connectivity index (χ1v) is 8.17. The number of hydrogen-bond acceptors (Lipinski definition) is 1. The average molecular weight is 302 g/mol. The molecule has 0 N–H and O–H groups in total. The van der Waals surface area contributed by atoms with Crippen LogP contribution in [0, 0.1) is 0 Å². The van der Waals surface area contributed by atoms with Gasteiger partial charge in [0.1, 0.15) is 12.4 Å². The van der Waals surface area contributed by atoms with Crippen LogP contribution in [0.3, 0.4) is 0 Å². The second-order valence-electron chi connectivity index (χ2n) is 5.77. The van der Waals surface area contributed by atoms with Gasteiger partial charge in [-0.2, -0.15) is 0 Å². The highest BCUT2D eigenvalue weighted by molar-refractivity contribution is 5.87. The third-order valence-electron chi connectivity index (χ3n) is 4.00. The van der Waals surface area contributed by atoms with Crippen LogP contribution in [0.25, 0.3) is 21.9 Å². The molecule has 1 nitrogen and oxygen atoms in total. The van der Waals surface area contributed by atoms with Gasteiger partial charge in [0, 0.05) is 0 Å². The maximum Gasteiger partial charge on any atom is 0.119 e. The van der Waals surface area contributed by atoms with Crippen LogP contribution >= 0.6 is 0 Å². The van der Waals surface area contributed by atoms with E-state index in [1.165, 1.54) is 33.9 Å². The zero-order chi connectivity index (χ0) is 16.1. The topological polar surface area (TPSA) is 9.23 Å². The lowest BCUT2D eigenvalue weighted by Gasteiger charge is -2.08. The van der Waals surface area contributed by atoms with Gasteiger partial charge >= 0.3 is 0 Å². The lowest BCUT2D eigenvalue weighted by atomic mass is 9.99. The molecule has 3 rings (SSSR count). The Balaban J connectivity index is 1.87. The van der Waals surface area contributed by atoms with Crippen LogP contribution in [0.1, 0.15) is 18.9 Å². The zero-order valence-electron chi connectivity index (χ0n) is 13.6. The summed E-state index contributed by atoms with van der Waals surface area (Å²) in [4.78, 5) is 0. The Labute approximate surface area is 138 Å². The molecule has 0 saturated carbocycles. The van der Waals surface area contributed by atoms with Crippen LogP contribution < -0.4 is 4.74 Å². The van der Waals surface area contributed by atoms with Crippen molar-refractivity contribution in [2.45, 2.75) is 19.8 Å². The Morgan fingerprint density at radius 3 is 2.30 bits per heavy atom. The zero-order valence-corrected chi connectivity index (χ0v) is 13.6. The van der Waals surface area contributed by atoms with Crippen LogP contribution in [0.5, 0.6) is 5.75 Å². The molecule has 0 saturated heterocycles. The van der Waals surface area contributed by atoms with Crippen molar-refractivity contribution in [2.75, 3.05) is 6.61 Å². The molecule has 23 heavy (non-hydrogen) atoms. The fourth-order valence-corrected chi connectivity index (χ4v) is 2.82. The van der Waals surface area contributed by atoms with Crippen LogP contribution in [0.4, 0.5) is 0 Å². The first-order valence-electron chi connectivity index (χ1n) is 8.17. The maximum absolute atomic E-state index is 5.53. The van der Waals surface area contributed by atoms with E-state index in [0.717, 1.165) is 12.2 Å². The molecule has 116 valence electrons. The molecule has 0 aromatic heterocycles. The van der Waals surface area contributed by atoms with E-state index in [1.54, 1.807) is 6.08 Å². The quantitative estimate of drug-likeness (QED) is 0.506. The standard InChI is InChI=1S/C22H22O/c1-3-5-17-6-7-21-16-20(9-8-19(21)15-17)18-10-12-22(13-11-18)23-14-4-2/h4,6-13,15-16H,2-3,5,14H2,1H3. The van der Waals surface area contributed by atoms with E-state index in [-0.39, 0.29) is 0 Å². The smallest absolute Gasteiger partial charge is 0.119 e. The number of ether oxygens (including phenoxy) is 1. The van der Waals surface area contributed by atoms with E-state index in [9.17, 15) is 0 Å². The van der Waals surface area contributed by atoms with Gasteiger partial charge in [-0.05, 0) is 52.1 Å². The van der Waals surface area contributed by atoms with E-state index >= 15 is 0 Å². The van der Waals surface area contributed by atoms with Crippen molar-refractivity contribution in [2.24, 2.45) is 0 Å². The molecule has 0 aliphatic rings. The highest BCUT2D eigenvalue weighted by Crippen LogP contribution is 2.27. The Hall–Kier alpha value is -2.54. The molecular formula is C22H22O. The van der Waals surface area contributed by atoms with Gasteiger partial charge in [0.15, 0.2) is 0 Å². The fraction of sp³-hybridized carbons (Fsp3) is 0.182. The van der Waals surface area contributed by atoms with Gasteiger partial charge in [-0.25, -0.2) is 0 Å². The van der Waals surface area contributed by atoms with Crippen molar-refractivity contribution in [1.82, 2.24) is 0 Å². The van der Waals surface area contributed by atoms with Gasteiger partial charge < -0.3 is 4.74 Å². The van der Waals surface area contributed by atoms with Gasteiger partial charge in [0.25, 0.3) is 0 Å². The minimum absolute atomic E-state index is 0.537. The summed E-state index contributed by atoms with van der Waals surface area (Å²) in [6.07, 6.45) is 4.08. The normalized spacial score (nSPS) is 10.7. The molecular weight excluding hydrogens is 280 g/mol. The molecule has 0 amide bonds. The number of fused-ring (bicyclic) bond motifs is 1. The Morgan fingerprint density at radius 2 is 1.57 bits per heavy atom. The Bertz CT molecular complexity index is 800. The van der Waals surface area contributed by atoms with E-state index in [4.69, 9.17) is 4.74 Å². The molecule has 0 spiro atoms. The Morgan fingerprint density at radius 1 is 0.870 bits per heavy atom. The first kappa shape index (κ1) is 15.4. The second kappa shape index (κ2) is 7.15. The number of benzene rings is 3. The number of aryl methyl sites for hydroxylation is 1. The summed E-state index contributed by atoms with van der Waals surface area (Å²) in [5.74, 6) is 0.874. The molecule has 0 fully saturated rings.